The van der Waals surface area contributed by atoms with Crippen molar-refractivity contribution in [3.05, 3.63) is 17.0 Å². The fraction of sp³-hybridized carbons (Fsp3) is 0.667. The Kier molecular flexibility index (Phi) is 6.19. The molecule has 1 aliphatic heterocycles. The Morgan fingerprint density at radius 2 is 1.87 bits per heavy atom. The molecule has 0 aliphatic carbocycles. The lowest BCUT2D eigenvalue weighted by Crippen LogP contribution is -2.50. The largest absolute Gasteiger partial charge is 0.340 e. The summed E-state index contributed by atoms with van der Waals surface area (Å²) in [6.45, 7) is 4.41. The fourth-order valence-electron chi connectivity index (χ4n) is 2.47. The van der Waals surface area contributed by atoms with Gasteiger partial charge >= 0.3 is 0 Å². The number of piperazine rings is 1. The maximum absolute atomic E-state index is 12.6. The highest BCUT2D eigenvalue weighted by Crippen LogP contribution is 2.26. The molecule has 1 amide bonds. The van der Waals surface area contributed by atoms with Crippen molar-refractivity contribution in [2.75, 3.05) is 46.8 Å². The van der Waals surface area contributed by atoms with Gasteiger partial charge < -0.3 is 9.80 Å². The number of aryl methyl sites for hydroxylation is 1. The maximum atomic E-state index is 12.6. The molecule has 1 fully saturated rings. The summed E-state index contributed by atoms with van der Waals surface area (Å²) in [5.74, 6) is 0.0974. The van der Waals surface area contributed by atoms with E-state index in [0.717, 1.165) is 11.3 Å². The number of carbonyl (C=O) groups excluding carboxylic acids is 1. The monoisotopic (exact) mass is 359 g/mol. The normalized spacial score (nSPS) is 17.0. The van der Waals surface area contributed by atoms with E-state index >= 15 is 0 Å². The Labute approximate surface area is 142 Å². The number of nitrogens with zero attached hydrogens (tertiary/aromatic N) is 3. The molecule has 1 aliphatic rings. The smallest absolute Gasteiger partial charge is 0.252 e. The van der Waals surface area contributed by atoms with E-state index in [0.29, 0.717) is 43.4 Å². The molecule has 2 heterocycles. The molecule has 0 spiro atoms. The second kappa shape index (κ2) is 7.74. The summed E-state index contributed by atoms with van der Waals surface area (Å²) in [4.78, 5) is 16.9. The average Bonchev–Trinajstić information content (AvgIpc) is 3.02. The van der Waals surface area contributed by atoms with Crippen LogP contribution in [0.2, 0.25) is 0 Å². The van der Waals surface area contributed by atoms with Crippen molar-refractivity contribution in [1.29, 1.82) is 0 Å². The summed E-state index contributed by atoms with van der Waals surface area (Å²) in [5, 5.41) is 0. The van der Waals surface area contributed by atoms with Crippen LogP contribution in [0.1, 0.15) is 18.2 Å². The van der Waals surface area contributed by atoms with Crippen LogP contribution in [0.5, 0.6) is 0 Å². The van der Waals surface area contributed by atoms with Gasteiger partial charge in [-0.05, 0) is 32.6 Å². The molecule has 1 aromatic rings. The van der Waals surface area contributed by atoms with Crippen molar-refractivity contribution in [1.82, 2.24) is 14.1 Å². The third kappa shape index (κ3) is 4.53. The molecule has 0 bridgehead atoms. The van der Waals surface area contributed by atoms with E-state index in [1.165, 1.54) is 15.6 Å². The average molecular weight is 360 g/mol. The molecule has 0 unspecified atom stereocenters. The van der Waals surface area contributed by atoms with E-state index < -0.39 is 10.0 Å². The highest BCUT2D eigenvalue weighted by Gasteiger charge is 2.30. The van der Waals surface area contributed by atoms with Crippen LogP contribution in [0.25, 0.3) is 0 Å². The van der Waals surface area contributed by atoms with Crippen LogP contribution in [-0.2, 0) is 21.2 Å². The number of sulfonamides is 1. The second-order valence-corrected chi connectivity index (χ2v) is 9.25. The highest BCUT2D eigenvalue weighted by atomic mass is 32.2. The van der Waals surface area contributed by atoms with Gasteiger partial charge in [-0.25, -0.2) is 8.42 Å². The van der Waals surface area contributed by atoms with Gasteiger partial charge in [-0.3, -0.25) is 4.79 Å². The summed E-state index contributed by atoms with van der Waals surface area (Å²) < 4.78 is 27.2. The zero-order valence-corrected chi connectivity index (χ0v) is 15.6. The van der Waals surface area contributed by atoms with Crippen molar-refractivity contribution in [2.45, 2.75) is 24.0 Å². The van der Waals surface area contributed by atoms with E-state index in [1.54, 1.807) is 11.0 Å². The molecule has 0 aromatic carbocycles. The first-order valence-electron chi connectivity index (χ1n) is 7.86. The van der Waals surface area contributed by atoms with Crippen LogP contribution >= 0.6 is 11.3 Å². The van der Waals surface area contributed by atoms with Gasteiger partial charge in [-0.2, -0.15) is 4.31 Å². The second-order valence-electron chi connectivity index (χ2n) is 5.91. The summed E-state index contributed by atoms with van der Waals surface area (Å²) >= 11 is 1.34. The quantitative estimate of drug-likeness (QED) is 0.763. The molecular formula is C15H25N3O3S2. The van der Waals surface area contributed by atoms with Gasteiger partial charge in [-0.15, -0.1) is 11.3 Å². The first-order chi connectivity index (χ1) is 10.8. The van der Waals surface area contributed by atoms with Gasteiger partial charge in [0.1, 0.15) is 4.21 Å². The Balaban J connectivity index is 1.94. The molecule has 0 radical (unpaired) electrons. The van der Waals surface area contributed by atoms with E-state index in [4.69, 9.17) is 0 Å². The van der Waals surface area contributed by atoms with Crippen LogP contribution in [0.3, 0.4) is 0 Å². The Morgan fingerprint density at radius 1 is 1.22 bits per heavy atom. The summed E-state index contributed by atoms with van der Waals surface area (Å²) in [6.07, 6.45) is 1.32. The van der Waals surface area contributed by atoms with E-state index in [-0.39, 0.29) is 5.91 Å². The van der Waals surface area contributed by atoms with Gasteiger partial charge in [0.2, 0.25) is 5.91 Å². The van der Waals surface area contributed by atoms with Crippen molar-refractivity contribution < 1.29 is 13.2 Å². The lowest BCUT2D eigenvalue weighted by atomic mass is 10.3. The van der Waals surface area contributed by atoms with Gasteiger partial charge in [0.25, 0.3) is 10.0 Å². The lowest BCUT2D eigenvalue weighted by Gasteiger charge is -2.34. The van der Waals surface area contributed by atoms with Gasteiger partial charge in [0.05, 0.1) is 0 Å². The predicted octanol–water partition coefficient (Wildman–Crippen LogP) is 1.10. The Hall–Kier alpha value is -0.960. The fourth-order valence-corrected chi connectivity index (χ4v) is 5.34. The van der Waals surface area contributed by atoms with Crippen molar-refractivity contribution >= 4 is 27.3 Å². The summed E-state index contributed by atoms with van der Waals surface area (Å²) in [6, 6.07) is 3.56. The van der Waals surface area contributed by atoms with Crippen molar-refractivity contribution in [2.24, 2.45) is 0 Å². The Bertz CT molecular complexity index is 632. The van der Waals surface area contributed by atoms with Gasteiger partial charge in [0.15, 0.2) is 0 Å². The third-order valence-corrected chi connectivity index (χ3v) is 7.54. The van der Waals surface area contributed by atoms with Crippen molar-refractivity contribution in [3.8, 4) is 0 Å². The molecule has 0 N–H and O–H groups in total. The SMILES string of the molecule is CCc1ccc(S(=O)(=O)N2CCN(C(=O)CCN(C)C)CC2)s1. The van der Waals surface area contributed by atoms with Crippen LogP contribution in [0, 0.1) is 0 Å². The molecule has 23 heavy (non-hydrogen) atoms. The van der Waals surface area contributed by atoms with Crippen LogP contribution in [0.15, 0.2) is 16.3 Å². The standard InChI is InChI=1S/C15H25N3O3S2/c1-4-13-5-6-15(22-13)23(20,21)18-11-9-17(10-12-18)14(19)7-8-16(2)3/h5-6H,4,7-12H2,1-3H3. The minimum Gasteiger partial charge on any atom is -0.340 e. The molecule has 1 aromatic heterocycles. The number of hydrogen-bond donors (Lipinski definition) is 0. The summed E-state index contributed by atoms with van der Waals surface area (Å²) in [5.41, 5.74) is 0. The van der Waals surface area contributed by atoms with Crippen LogP contribution in [-0.4, -0.2) is 75.2 Å². The van der Waals surface area contributed by atoms with Gasteiger partial charge in [0, 0.05) is 44.0 Å². The molecule has 0 atom stereocenters. The molecule has 2 rings (SSSR count). The molecule has 1 saturated heterocycles. The number of carbonyl (C=O) groups is 1. The van der Waals surface area contributed by atoms with E-state index in [9.17, 15) is 13.2 Å². The number of rotatable bonds is 6. The number of amides is 1. The van der Waals surface area contributed by atoms with Crippen LogP contribution in [0.4, 0.5) is 0 Å². The molecular weight excluding hydrogens is 334 g/mol. The Morgan fingerprint density at radius 3 is 2.39 bits per heavy atom. The predicted molar refractivity (Wildman–Crippen MR) is 92.2 cm³/mol. The topological polar surface area (TPSA) is 60.9 Å². The van der Waals surface area contributed by atoms with E-state index in [1.807, 2.05) is 32.0 Å². The number of hydrogen-bond acceptors (Lipinski definition) is 5. The number of thiophene rings is 1. The first-order valence-corrected chi connectivity index (χ1v) is 10.1. The zero-order chi connectivity index (χ0) is 17.0. The van der Waals surface area contributed by atoms with Gasteiger partial charge in [-0.1, -0.05) is 6.92 Å². The third-order valence-electron chi connectivity index (χ3n) is 3.94. The first kappa shape index (κ1) is 18.4. The molecule has 8 heteroatoms. The minimum absolute atomic E-state index is 0.0974. The lowest BCUT2D eigenvalue weighted by molar-refractivity contribution is -0.132. The van der Waals surface area contributed by atoms with Crippen LogP contribution < -0.4 is 0 Å². The zero-order valence-electron chi connectivity index (χ0n) is 14.0. The molecule has 6 nitrogen and oxygen atoms in total. The maximum Gasteiger partial charge on any atom is 0.252 e. The molecule has 130 valence electrons. The minimum atomic E-state index is -3.42. The highest BCUT2D eigenvalue weighted by molar-refractivity contribution is 7.91. The van der Waals surface area contributed by atoms with E-state index in [2.05, 4.69) is 0 Å². The molecule has 0 saturated carbocycles. The summed E-state index contributed by atoms with van der Waals surface area (Å²) in [7, 11) is 0.447. The van der Waals surface area contributed by atoms with Crippen molar-refractivity contribution in [3.63, 3.8) is 0 Å².